The van der Waals surface area contributed by atoms with Gasteiger partial charge in [-0.25, -0.2) is 0 Å². The van der Waals surface area contributed by atoms with Crippen molar-refractivity contribution in [3.05, 3.63) is 42.0 Å². The lowest BCUT2D eigenvalue weighted by Crippen LogP contribution is -2.41. The molecule has 1 aliphatic rings. The Bertz CT molecular complexity index is 470. The smallest absolute Gasteiger partial charge is 0.311 e. The quantitative estimate of drug-likeness (QED) is 0.794. The fraction of sp³-hybridized carbons (Fsp3) is 0.400. The predicted octanol–water partition coefficient (Wildman–Crippen LogP) is 2.49. The number of hydrogen-bond acceptors (Lipinski definition) is 4. The molecule has 19 heavy (non-hydrogen) atoms. The van der Waals surface area contributed by atoms with Crippen LogP contribution < -0.4 is 0 Å². The molecule has 3 nitrogen and oxygen atoms in total. The molecular formula is C15H19NO2S. The number of benzene rings is 1. The van der Waals surface area contributed by atoms with Crippen molar-refractivity contribution in [2.45, 2.75) is 6.04 Å². The van der Waals surface area contributed by atoms with Crippen molar-refractivity contribution in [2.75, 3.05) is 27.0 Å². The van der Waals surface area contributed by atoms with Crippen LogP contribution in [-0.2, 0) is 9.53 Å². The van der Waals surface area contributed by atoms with Crippen LogP contribution >= 0.6 is 11.8 Å². The Balaban J connectivity index is 2.28. The van der Waals surface area contributed by atoms with Crippen LogP contribution in [0.15, 0.2) is 36.4 Å². The molecule has 0 radical (unpaired) electrons. The van der Waals surface area contributed by atoms with Gasteiger partial charge in [0.25, 0.3) is 0 Å². The summed E-state index contributed by atoms with van der Waals surface area (Å²) in [7, 11) is 5.45. The minimum atomic E-state index is -0.130. The van der Waals surface area contributed by atoms with Gasteiger partial charge in [-0.05, 0) is 19.7 Å². The van der Waals surface area contributed by atoms with Gasteiger partial charge in [-0.15, -0.1) is 11.8 Å². The minimum absolute atomic E-state index is 0.0870. The minimum Gasteiger partial charge on any atom is -0.469 e. The van der Waals surface area contributed by atoms with Gasteiger partial charge >= 0.3 is 5.97 Å². The van der Waals surface area contributed by atoms with Gasteiger partial charge in [0, 0.05) is 16.7 Å². The summed E-state index contributed by atoms with van der Waals surface area (Å²) in [6, 6.07) is 10.4. The number of likely N-dealkylation sites (N-methyl/N-ethyl adjacent to an activating group) is 1. The molecular weight excluding hydrogens is 258 g/mol. The molecule has 0 bridgehead atoms. The Morgan fingerprint density at radius 1 is 1.32 bits per heavy atom. The molecule has 0 aromatic heterocycles. The Labute approximate surface area is 118 Å². The third kappa shape index (κ3) is 3.19. The Hall–Kier alpha value is -1.26. The van der Waals surface area contributed by atoms with Crippen LogP contribution in [0.2, 0.25) is 0 Å². The monoisotopic (exact) mass is 277 g/mol. The Morgan fingerprint density at radius 2 is 2.00 bits per heavy atom. The highest BCUT2D eigenvalue weighted by atomic mass is 32.2. The van der Waals surface area contributed by atoms with E-state index >= 15 is 0 Å². The van der Waals surface area contributed by atoms with Crippen LogP contribution in [0, 0.1) is 5.92 Å². The van der Waals surface area contributed by atoms with E-state index in [1.54, 1.807) is 11.8 Å². The lowest BCUT2D eigenvalue weighted by molar-refractivity contribution is -0.146. The summed E-state index contributed by atoms with van der Waals surface area (Å²) >= 11 is 1.72. The highest BCUT2D eigenvalue weighted by Gasteiger charge is 2.33. The molecule has 0 aliphatic carbocycles. The molecule has 1 aromatic rings. The second-order valence-corrected chi connectivity index (χ2v) is 5.85. The molecule has 0 saturated heterocycles. The van der Waals surface area contributed by atoms with Crippen LogP contribution in [0.4, 0.5) is 0 Å². The van der Waals surface area contributed by atoms with Crippen LogP contribution in [-0.4, -0.2) is 43.9 Å². The highest BCUT2D eigenvalue weighted by Crippen LogP contribution is 2.36. The summed E-state index contributed by atoms with van der Waals surface area (Å²) in [5.74, 6) is 0.531. The van der Waals surface area contributed by atoms with E-state index in [1.807, 2.05) is 32.3 Å². The average Bonchev–Trinajstić information content (AvgIpc) is 2.46. The molecule has 0 saturated carbocycles. The van der Waals surface area contributed by atoms with Gasteiger partial charge in [0.2, 0.25) is 0 Å². The molecule has 0 fully saturated rings. The van der Waals surface area contributed by atoms with Crippen LogP contribution in [0.1, 0.15) is 5.56 Å². The highest BCUT2D eigenvalue weighted by molar-refractivity contribution is 8.08. The van der Waals surface area contributed by atoms with Crippen molar-refractivity contribution in [1.29, 1.82) is 0 Å². The van der Waals surface area contributed by atoms with E-state index in [2.05, 4.69) is 23.1 Å². The van der Waals surface area contributed by atoms with E-state index in [4.69, 9.17) is 4.74 Å². The first kappa shape index (κ1) is 14.2. The lowest BCUT2D eigenvalue weighted by atomic mass is 9.98. The van der Waals surface area contributed by atoms with Crippen LogP contribution in [0.5, 0.6) is 0 Å². The summed E-state index contributed by atoms with van der Waals surface area (Å²) in [6.45, 7) is 0. The van der Waals surface area contributed by atoms with Crippen molar-refractivity contribution in [2.24, 2.45) is 5.92 Å². The summed E-state index contributed by atoms with van der Waals surface area (Å²) in [5.41, 5.74) is 1.21. The summed E-state index contributed by atoms with van der Waals surface area (Å²) in [4.78, 5) is 15.1. The molecule has 4 heteroatoms. The SMILES string of the molecule is COC(=O)[C@@H]1CSC(c2ccccc2)=C[C@H]1N(C)C. The zero-order valence-electron chi connectivity index (χ0n) is 11.5. The summed E-state index contributed by atoms with van der Waals surface area (Å²) in [5, 5.41) is 0. The lowest BCUT2D eigenvalue weighted by Gasteiger charge is -2.32. The van der Waals surface area contributed by atoms with Gasteiger partial charge in [0.05, 0.1) is 13.0 Å². The van der Waals surface area contributed by atoms with E-state index < -0.39 is 0 Å². The summed E-state index contributed by atoms with van der Waals surface area (Å²) < 4.78 is 4.90. The van der Waals surface area contributed by atoms with Crippen LogP contribution in [0.25, 0.3) is 4.91 Å². The number of carbonyl (C=O) groups is 1. The number of rotatable bonds is 3. The van der Waals surface area contributed by atoms with E-state index in [-0.39, 0.29) is 17.9 Å². The first-order valence-electron chi connectivity index (χ1n) is 6.27. The summed E-state index contributed by atoms with van der Waals surface area (Å²) in [6.07, 6.45) is 2.17. The maximum Gasteiger partial charge on any atom is 0.311 e. The number of hydrogen-bond donors (Lipinski definition) is 0. The standard InChI is InChI=1S/C15H19NO2S/c1-16(2)13-9-14(11-7-5-4-6-8-11)19-10-12(13)15(17)18-3/h4-9,12-13H,10H2,1-3H3/t12-,13-/m1/s1. The molecule has 2 rings (SSSR count). The normalized spacial score (nSPS) is 23.1. The van der Waals surface area contributed by atoms with Crippen molar-refractivity contribution in [3.8, 4) is 0 Å². The fourth-order valence-electron chi connectivity index (χ4n) is 2.25. The Morgan fingerprint density at radius 3 is 2.58 bits per heavy atom. The molecule has 1 aromatic carbocycles. The van der Waals surface area contributed by atoms with Crippen molar-refractivity contribution in [1.82, 2.24) is 4.90 Å². The molecule has 0 N–H and O–H groups in total. The van der Waals surface area contributed by atoms with Gasteiger partial charge in [-0.1, -0.05) is 36.4 Å². The number of methoxy groups -OCH3 is 1. The van der Waals surface area contributed by atoms with E-state index in [1.165, 1.54) is 17.6 Å². The number of nitrogens with zero attached hydrogens (tertiary/aromatic N) is 1. The first-order valence-corrected chi connectivity index (χ1v) is 7.26. The first-order chi connectivity index (χ1) is 9.13. The van der Waals surface area contributed by atoms with Gasteiger partial charge in [-0.3, -0.25) is 4.79 Å². The zero-order chi connectivity index (χ0) is 13.8. The number of esters is 1. The molecule has 0 amide bonds. The number of carbonyl (C=O) groups excluding carboxylic acids is 1. The topological polar surface area (TPSA) is 29.5 Å². The van der Waals surface area contributed by atoms with Crippen molar-refractivity contribution in [3.63, 3.8) is 0 Å². The van der Waals surface area contributed by atoms with E-state index in [9.17, 15) is 4.79 Å². The zero-order valence-corrected chi connectivity index (χ0v) is 12.3. The molecule has 0 unspecified atom stereocenters. The molecule has 0 spiro atoms. The molecule has 102 valence electrons. The maximum absolute atomic E-state index is 11.8. The van der Waals surface area contributed by atoms with E-state index in [0.717, 1.165) is 5.75 Å². The molecule has 2 atom stereocenters. The largest absolute Gasteiger partial charge is 0.469 e. The third-order valence-corrected chi connectivity index (χ3v) is 4.52. The van der Waals surface area contributed by atoms with Crippen molar-refractivity contribution >= 4 is 22.6 Å². The van der Waals surface area contributed by atoms with Gasteiger partial charge in [0.15, 0.2) is 0 Å². The average molecular weight is 277 g/mol. The second kappa shape index (κ2) is 6.26. The van der Waals surface area contributed by atoms with Gasteiger partial charge in [0.1, 0.15) is 0 Å². The molecule has 1 aliphatic heterocycles. The van der Waals surface area contributed by atoms with Gasteiger partial charge in [-0.2, -0.15) is 0 Å². The third-order valence-electron chi connectivity index (χ3n) is 3.31. The predicted molar refractivity (Wildman–Crippen MR) is 79.9 cm³/mol. The number of thioether (sulfide) groups is 1. The Kier molecular flexibility index (Phi) is 4.66. The van der Waals surface area contributed by atoms with Crippen molar-refractivity contribution < 1.29 is 9.53 Å². The second-order valence-electron chi connectivity index (χ2n) is 4.79. The maximum atomic E-state index is 11.8. The van der Waals surface area contributed by atoms with E-state index in [0.29, 0.717) is 0 Å². The fourth-order valence-corrected chi connectivity index (χ4v) is 3.48. The van der Waals surface area contributed by atoms with Gasteiger partial charge < -0.3 is 9.64 Å². The number of ether oxygens (including phenoxy) is 1. The van der Waals surface area contributed by atoms with Crippen LogP contribution in [0.3, 0.4) is 0 Å². The molecule has 1 heterocycles.